The van der Waals surface area contributed by atoms with Crippen molar-refractivity contribution in [1.29, 1.82) is 0 Å². The molecule has 0 radical (unpaired) electrons. The predicted molar refractivity (Wildman–Crippen MR) is 103 cm³/mol. The molecule has 2 N–H and O–H groups in total. The van der Waals surface area contributed by atoms with Gasteiger partial charge < -0.3 is 14.0 Å². The highest BCUT2D eigenvalue weighted by molar-refractivity contribution is 7.76. The van der Waals surface area contributed by atoms with E-state index < -0.39 is 11.3 Å². The Labute approximate surface area is 161 Å². The van der Waals surface area contributed by atoms with Gasteiger partial charge >= 0.3 is 0 Å². The van der Waals surface area contributed by atoms with Gasteiger partial charge in [-0.3, -0.25) is 14.0 Å². The fourth-order valence-corrected chi connectivity index (χ4v) is 2.46. The molecule has 0 spiro atoms. The van der Waals surface area contributed by atoms with Crippen LogP contribution in [0.4, 0.5) is 0 Å². The van der Waals surface area contributed by atoms with E-state index in [2.05, 4.69) is 40.6 Å². The lowest BCUT2D eigenvalue weighted by Gasteiger charge is -2.04. The number of hydrogen-bond donors (Lipinski definition) is 1. The first-order chi connectivity index (χ1) is 13.0. The molecule has 0 bridgehead atoms. The van der Waals surface area contributed by atoms with Gasteiger partial charge in [0.05, 0.1) is 26.5 Å². The maximum absolute atomic E-state index is 8.78. The minimum atomic E-state index is -2.36. The molecule has 27 heavy (non-hydrogen) atoms. The van der Waals surface area contributed by atoms with Crippen LogP contribution in [0.3, 0.4) is 0 Å². The topological polar surface area (TPSA) is 102 Å². The van der Waals surface area contributed by atoms with Crippen molar-refractivity contribution in [3.8, 4) is 11.5 Å². The van der Waals surface area contributed by atoms with Crippen molar-refractivity contribution >= 4 is 11.3 Å². The third kappa shape index (κ3) is 7.22. The number of benzene rings is 2. The first-order valence-electron chi connectivity index (χ1n) is 8.12. The highest BCUT2D eigenvalue weighted by Gasteiger charge is 2.03. The first-order valence-corrected chi connectivity index (χ1v) is 9.26. The Bertz CT molecular complexity index is 780. The maximum atomic E-state index is 8.78. The molecule has 7 nitrogen and oxygen atoms in total. The normalized spacial score (nSPS) is 11.3. The van der Waals surface area contributed by atoms with Gasteiger partial charge in [0, 0.05) is 23.9 Å². The zero-order chi connectivity index (χ0) is 19.6. The van der Waals surface area contributed by atoms with E-state index in [4.69, 9.17) is 18.2 Å². The zero-order valence-electron chi connectivity index (χ0n) is 15.2. The molecule has 144 valence electrons. The Morgan fingerprint density at radius 1 is 0.963 bits per heavy atom. The minimum absolute atomic E-state index is 0.757. The van der Waals surface area contributed by atoms with Crippen LogP contribution >= 0.6 is 0 Å². The molecule has 1 atom stereocenters. The second-order valence-electron chi connectivity index (χ2n) is 5.64. The van der Waals surface area contributed by atoms with Crippen molar-refractivity contribution in [1.82, 2.24) is 9.78 Å². The van der Waals surface area contributed by atoms with Crippen molar-refractivity contribution in [3.63, 3.8) is 0 Å². The second kappa shape index (κ2) is 10.5. The van der Waals surface area contributed by atoms with Crippen LogP contribution in [0.15, 0.2) is 60.8 Å². The summed E-state index contributed by atoms with van der Waals surface area (Å²) in [5, 5.41) is 8.67. The molecule has 3 aromatic rings. The van der Waals surface area contributed by atoms with E-state index in [9.17, 15) is 0 Å². The summed E-state index contributed by atoms with van der Waals surface area (Å²) in [7, 11) is 3.35. The van der Waals surface area contributed by atoms with E-state index in [-0.39, 0.29) is 0 Å². The van der Waals surface area contributed by atoms with Gasteiger partial charge in [0.2, 0.25) is 0 Å². The smallest absolute Gasteiger partial charge is 0.118 e. The molecule has 0 saturated carbocycles. The Kier molecular flexibility index (Phi) is 8.00. The second-order valence-corrected chi connectivity index (χ2v) is 6.16. The van der Waals surface area contributed by atoms with Crippen molar-refractivity contribution in [2.24, 2.45) is 5.14 Å². The van der Waals surface area contributed by atoms with Gasteiger partial charge in [-0.15, -0.1) is 0 Å². The van der Waals surface area contributed by atoms with Crippen LogP contribution in [0.1, 0.15) is 16.8 Å². The van der Waals surface area contributed by atoms with Crippen LogP contribution in [0.25, 0.3) is 0 Å². The molecular formula is C19H22N3O4S-. The van der Waals surface area contributed by atoms with Gasteiger partial charge in [0.1, 0.15) is 11.5 Å². The van der Waals surface area contributed by atoms with E-state index in [0.717, 1.165) is 30.2 Å². The molecule has 8 heteroatoms. The summed E-state index contributed by atoms with van der Waals surface area (Å²) < 4.78 is 29.9. The highest BCUT2D eigenvalue weighted by Crippen LogP contribution is 2.15. The third-order valence-corrected chi connectivity index (χ3v) is 3.74. The molecule has 0 aliphatic rings. The van der Waals surface area contributed by atoms with E-state index in [1.165, 1.54) is 11.1 Å². The van der Waals surface area contributed by atoms with E-state index in [0.29, 0.717) is 0 Å². The fraction of sp³-hybridized carbons (Fsp3) is 0.211. The summed E-state index contributed by atoms with van der Waals surface area (Å²) >= 11 is -2.36. The summed E-state index contributed by atoms with van der Waals surface area (Å²) in [6, 6.07) is 18.2. The number of methoxy groups -OCH3 is 2. The molecule has 0 aliphatic carbocycles. The zero-order valence-corrected chi connectivity index (χ0v) is 16.0. The van der Waals surface area contributed by atoms with Gasteiger partial charge in [0.15, 0.2) is 0 Å². The van der Waals surface area contributed by atoms with Gasteiger partial charge in [-0.05, 0) is 41.5 Å². The van der Waals surface area contributed by atoms with Crippen LogP contribution in [-0.4, -0.2) is 32.8 Å². The molecule has 1 unspecified atom stereocenters. The van der Waals surface area contributed by atoms with Crippen LogP contribution in [0.5, 0.6) is 11.5 Å². The van der Waals surface area contributed by atoms with Gasteiger partial charge in [-0.25, -0.2) is 0 Å². The lowest BCUT2D eigenvalue weighted by Crippen LogP contribution is -2.01. The fourth-order valence-electron chi connectivity index (χ4n) is 2.46. The Morgan fingerprint density at radius 3 is 1.93 bits per heavy atom. The number of nitrogens with two attached hydrogens (primary N) is 1. The largest absolute Gasteiger partial charge is 0.760 e. The number of aromatic nitrogens is 2. The number of nitrogens with zero attached hydrogens (tertiary/aromatic N) is 2. The number of rotatable bonds is 6. The third-order valence-electron chi connectivity index (χ3n) is 3.74. The molecule has 0 amide bonds. The summed E-state index contributed by atoms with van der Waals surface area (Å²) in [4.78, 5) is 0. The van der Waals surface area contributed by atoms with Gasteiger partial charge in [0.25, 0.3) is 0 Å². The van der Waals surface area contributed by atoms with Crippen LogP contribution in [0.2, 0.25) is 0 Å². The van der Waals surface area contributed by atoms with E-state index >= 15 is 0 Å². The maximum Gasteiger partial charge on any atom is 0.118 e. The Morgan fingerprint density at radius 2 is 1.44 bits per heavy atom. The highest BCUT2D eigenvalue weighted by atomic mass is 32.2. The predicted octanol–water partition coefficient (Wildman–Crippen LogP) is 2.28. The molecule has 2 aromatic carbocycles. The summed E-state index contributed by atoms with van der Waals surface area (Å²) in [6.45, 7) is 0.757. The average molecular weight is 388 g/mol. The van der Waals surface area contributed by atoms with Crippen LogP contribution in [0, 0.1) is 0 Å². The molecule has 0 aliphatic heterocycles. The molecule has 3 rings (SSSR count). The average Bonchev–Trinajstić information content (AvgIpc) is 3.09. The SMILES string of the molecule is COc1ccc(Cc2ccn(Cc3ccc(OC)cc3)n2)cc1.NS(=O)[O-]. The number of hydrogen-bond acceptors (Lipinski definition) is 5. The Balaban J connectivity index is 0.000000596. The van der Waals surface area contributed by atoms with Crippen molar-refractivity contribution in [2.45, 2.75) is 13.0 Å². The quantitative estimate of drug-likeness (QED) is 0.653. The summed E-state index contributed by atoms with van der Waals surface area (Å²) in [6.07, 6.45) is 2.84. The van der Waals surface area contributed by atoms with Crippen molar-refractivity contribution < 1.29 is 18.2 Å². The molecule has 0 fully saturated rings. The van der Waals surface area contributed by atoms with Crippen LogP contribution in [-0.2, 0) is 24.2 Å². The minimum Gasteiger partial charge on any atom is -0.760 e. The standard InChI is InChI=1S/C19H20N2O2.H3NO2S/c1-22-18-7-3-15(4-8-18)13-17-11-12-21(20-17)14-16-5-9-19(23-2)10-6-16;1-4(2)3/h3-12H,13-14H2,1-2H3;1H2,(H,2,3)/p-1. The molecule has 0 saturated heterocycles. The van der Waals surface area contributed by atoms with Gasteiger partial charge in [-0.2, -0.15) is 5.10 Å². The van der Waals surface area contributed by atoms with E-state index in [1.54, 1.807) is 14.2 Å². The summed E-state index contributed by atoms with van der Waals surface area (Å²) in [5.74, 6) is 1.74. The molecular weight excluding hydrogens is 366 g/mol. The van der Waals surface area contributed by atoms with Crippen molar-refractivity contribution in [3.05, 3.63) is 77.6 Å². The lowest BCUT2D eigenvalue weighted by molar-refractivity contribution is 0.414. The first kappa shape index (κ1) is 20.6. The Hall–Kier alpha value is -2.68. The lowest BCUT2D eigenvalue weighted by atomic mass is 10.1. The monoisotopic (exact) mass is 388 g/mol. The van der Waals surface area contributed by atoms with Crippen LogP contribution < -0.4 is 14.6 Å². The van der Waals surface area contributed by atoms with Crippen molar-refractivity contribution in [2.75, 3.05) is 14.2 Å². The van der Waals surface area contributed by atoms with Gasteiger partial charge in [-0.1, -0.05) is 24.3 Å². The molecule has 1 heterocycles. The van der Waals surface area contributed by atoms with E-state index in [1.807, 2.05) is 35.1 Å². The summed E-state index contributed by atoms with van der Waals surface area (Å²) in [5.41, 5.74) is 3.48. The molecule has 1 aromatic heterocycles. The number of ether oxygens (including phenoxy) is 2.